The summed E-state index contributed by atoms with van der Waals surface area (Å²) in [4.78, 5) is 22.4. The monoisotopic (exact) mass is 766 g/mol. The third-order valence-electron chi connectivity index (χ3n) is 6.76. The van der Waals surface area contributed by atoms with E-state index in [9.17, 15) is 18.4 Å². The summed E-state index contributed by atoms with van der Waals surface area (Å²) in [6.07, 6.45) is 0. The molecule has 0 aliphatic rings. The molecule has 0 radical (unpaired) electrons. The summed E-state index contributed by atoms with van der Waals surface area (Å²) in [5.41, 5.74) is 10.6. The molecule has 0 atom stereocenters. The summed E-state index contributed by atoms with van der Waals surface area (Å²) in [7, 11) is 0. The van der Waals surface area contributed by atoms with Gasteiger partial charge in [-0.2, -0.15) is 0 Å². The number of amides is 1. The van der Waals surface area contributed by atoms with Crippen LogP contribution < -0.4 is 67.8 Å². The van der Waals surface area contributed by atoms with Gasteiger partial charge in [-0.05, 0) is 81.2 Å². The summed E-state index contributed by atoms with van der Waals surface area (Å²) >= 11 is 13.8. The van der Waals surface area contributed by atoms with Crippen LogP contribution in [0.15, 0.2) is 97.1 Å². The normalized spacial score (nSPS) is 10.1. The first-order valence-electron chi connectivity index (χ1n) is 15.1. The van der Waals surface area contributed by atoms with Gasteiger partial charge in [0, 0.05) is 15.9 Å². The fraction of sp³-hybridized carbons (Fsp3) is 0.263. The molecule has 0 aliphatic carbocycles. The molecule has 0 aliphatic heterocycles. The Balaban J connectivity index is -0.000000721. The van der Waals surface area contributed by atoms with E-state index in [0.29, 0.717) is 13.1 Å². The van der Waals surface area contributed by atoms with Gasteiger partial charge in [0.25, 0.3) is 11.1 Å². The Bertz CT molecular complexity index is 1720. The molecule has 6 nitrogen and oxygen atoms in total. The number of thiocyanates is 1. The maximum absolute atomic E-state index is 13.6. The number of nitrogens with zero attached hydrogens (tertiary/aromatic N) is 1. The van der Waals surface area contributed by atoms with Crippen LogP contribution in [0, 0.1) is 22.3 Å². The van der Waals surface area contributed by atoms with Crippen molar-refractivity contribution in [1.82, 2.24) is 10.6 Å². The van der Waals surface area contributed by atoms with Crippen molar-refractivity contribution in [2.24, 2.45) is 5.73 Å². The third kappa shape index (κ3) is 18.0. The number of nitrogens with two attached hydrogens (primary N) is 1. The van der Waals surface area contributed by atoms with E-state index < -0.39 is 22.8 Å². The van der Waals surface area contributed by atoms with Crippen molar-refractivity contribution in [3.8, 4) is 5.40 Å². The van der Waals surface area contributed by atoms with Crippen LogP contribution in [0.4, 0.5) is 8.78 Å². The van der Waals surface area contributed by atoms with Crippen LogP contribution in [0.2, 0.25) is 0 Å². The Morgan fingerprint density at radius 3 is 1.52 bits per heavy atom. The zero-order chi connectivity index (χ0) is 37.2. The number of hydrogen-bond donors (Lipinski definition) is 3. The number of nitrogens with one attached hydrogen (secondary N) is 2. The molecule has 4 rings (SSSR count). The first-order valence-corrected chi connectivity index (χ1v) is 16.3. The molecule has 0 saturated carbocycles. The van der Waals surface area contributed by atoms with Crippen LogP contribution in [0.1, 0.15) is 87.4 Å². The molecule has 12 heteroatoms. The van der Waals surface area contributed by atoms with E-state index in [2.05, 4.69) is 101 Å². The van der Waals surface area contributed by atoms with E-state index in [4.69, 9.17) is 34.8 Å². The number of nitriles is 1. The summed E-state index contributed by atoms with van der Waals surface area (Å²) in [6, 6.07) is 28.1. The van der Waals surface area contributed by atoms with Gasteiger partial charge in [-0.1, -0.05) is 120 Å². The van der Waals surface area contributed by atoms with Crippen molar-refractivity contribution in [3.63, 3.8) is 0 Å². The van der Waals surface area contributed by atoms with Crippen molar-refractivity contribution in [3.05, 3.63) is 142 Å². The average molecular weight is 767 g/mol. The van der Waals surface area contributed by atoms with Crippen LogP contribution in [0.25, 0.3) is 0 Å². The molecule has 4 aromatic carbocycles. The van der Waals surface area contributed by atoms with Gasteiger partial charge >= 0.3 is 51.4 Å². The zero-order valence-corrected chi connectivity index (χ0v) is 35.0. The topological polar surface area (TPSA) is 108 Å². The Morgan fingerprint density at radius 1 is 0.800 bits per heavy atom. The number of carbonyl (C=O) groups excluding carboxylic acids is 2. The average Bonchev–Trinajstić information content (AvgIpc) is 3.04. The van der Waals surface area contributed by atoms with E-state index in [1.807, 2.05) is 12.1 Å². The molecule has 0 saturated heterocycles. The zero-order valence-electron chi connectivity index (χ0n) is 29.4. The largest absolute Gasteiger partial charge is 1.00 e. The second-order valence-corrected chi connectivity index (χ2v) is 13.5. The van der Waals surface area contributed by atoms with Gasteiger partial charge in [0.15, 0.2) is 5.11 Å². The van der Waals surface area contributed by atoms with Crippen molar-refractivity contribution < 1.29 is 72.6 Å². The van der Waals surface area contributed by atoms with Gasteiger partial charge in [-0.3, -0.25) is 14.9 Å². The van der Waals surface area contributed by atoms with Crippen molar-refractivity contribution in [1.29, 1.82) is 5.26 Å². The molecule has 0 aromatic heterocycles. The van der Waals surface area contributed by atoms with Crippen molar-refractivity contribution in [2.45, 2.75) is 65.5 Å². The van der Waals surface area contributed by atoms with Gasteiger partial charge in [-0.15, -0.1) is 0 Å². The predicted octanol–water partition coefficient (Wildman–Crippen LogP) is 6.09. The maximum Gasteiger partial charge on any atom is 1.00 e. The predicted molar refractivity (Wildman–Crippen MR) is 205 cm³/mol. The molecule has 4 aromatic rings. The minimum absolute atomic E-state index is 0. The Kier molecular flexibility index (Phi) is 22.5. The van der Waals surface area contributed by atoms with Gasteiger partial charge in [0.1, 0.15) is 11.6 Å². The van der Waals surface area contributed by atoms with E-state index in [1.165, 1.54) is 58.5 Å². The summed E-state index contributed by atoms with van der Waals surface area (Å²) in [5, 5.41) is 13.3. The second-order valence-electron chi connectivity index (χ2n) is 12.6. The minimum Gasteiger partial charge on any atom is -0.696 e. The SMILES string of the molecule is CC(C)(C)c1ccc(CN)cc1.CC(C)(C)c1ccc(CNC(=S)NC(=O)c2ccccc2F)cc1.N#C[S-].O=C(Cl)c1ccccc1F.[HH].[HH].[K+]. The standard InChI is InChI=1S/C19H21FN2OS.C11H17N.C7H4ClFO.CHNS.K.2H2/c1-19(2,3)14-10-8-13(9-11-14)12-21-18(24)22-17(23)15-6-4-5-7-16(15)20;1-11(2,3)10-6-4-9(8-12)5-7-10;8-7(10)5-3-1-2-4-6(5)9;2-1-3;;;/h4-11H,12H2,1-3H3,(H2,21,22,23,24);4-7H,8,12H2,1-3H3;1-4H;3H;;2*1H/q;;;;+1;;/p-1. The first-order chi connectivity index (χ1) is 22.9. The van der Waals surface area contributed by atoms with E-state index in [1.54, 1.807) is 12.1 Å². The molecular formula is C38H46ClF2KN4O2S2. The summed E-state index contributed by atoms with van der Waals surface area (Å²) in [6.45, 7) is 14.2. The molecular weight excluding hydrogens is 721 g/mol. The van der Waals surface area contributed by atoms with Crippen LogP contribution in [0.5, 0.6) is 0 Å². The van der Waals surface area contributed by atoms with Crippen LogP contribution >= 0.6 is 23.8 Å². The molecule has 0 fully saturated rings. The fourth-order valence-corrected chi connectivity index (χ4v) is 4.24. The smallest absolute Gasteiger partial charge is 0.696 e. The number of benzene rings is 4. The quantitative estimate of drug-likeness (QED) is 0.0743. The molecule has 50 heavy (non-hydrogen) atoms. The Morgan fingerprint density at radius 2 is 1.18 bits per heavy atom. The van der Waals surface area contributed by atoms with Crippen molar-refractivity contribution >= 4 is 52.7 Å². The van der Waals surface area contributed by atoms with Gasteiger partial charge in [-0.25, -0.2) is 14.0 Å². The van der Waals surface area contributed by atoms with E-state index in [-0.39, 0.29) is 81.3 Å². The fourth-order valence-electron chi connectivity index (χ4n) is 3.93. The number of halogens is 3. The number of carbonyl (C=O) groups is 2. The Labute approximate surface area is 356 Å². The molecule has 0 spiro atoms. The number of hydrogen-bond acceptors (Lipinski definition) is 6. The molecule has 0 heterocycles. The van der Waals surface area contributed by atoms with E-state index >= 15 is 0 Å². The van der Waals surface area contributed by atoms with Crippen molar-refractivity contribution in [2.75, 3.05) is 0 Å². The van der Waals surface area contributed by atoms with Crippen LogP contribution in [0.3, 0.4) is 0 Å². The maximum atomic E-state index is 13.6. The summed E-state index contributed by atoms with van der Waals surface area (Å²) in [5.74, 6) is -1.72. The molecule has 264 valence electrons. The summed E-state index contributed by atoms with van der Waals surface area (Å²) < 4.78 is 26.1. The third-order valence-corrected chi connectivity index (χ3v) is 7.21. The molecule has 4 N–H and O–H groups in total. The van der Waals surface area contributed by atoms with Crippen LogP contribution in [-0.4, -0.2) is 16.3 Å². The molecule has 0 bridgehead atoms. The van der Waals surface area contributed by atoms with Crippen LogP contribution in [-0.2, 0) is 36.5 Å². The first kappa shape index (κ1) is 47.4. The van der Waals surface area contributed by atoms with Gasteiger partial charge in [0.2, 0.25) is 0 Å². The Hall–Kier alpha value is -2.63. The van der Waals surface area contributed by atoms with E-state index in [0.717, 1.165) is 5.56 Å². The minimum atomic E-state index is -0.766. The molecule has 0 unspecified atom stereocenters. The van der Waals surface area contributed by atoms with Gasteiger partial charge < -0.3 is 23.7 Å². The second kappa shape index (κ2) is 23.8. The number of thiocarbonyl (C=S) groups is 1. The molecule has 1 amide bonds. The number of rotatable bonds is 5. The van der Waals surface area contributed by atoms with Gasteiger partial charge in [0.05, 0.1) is 11.1 Å².